The van der Waals surface area contributed by atoms with Crippen molar-refractivity contribution in [3.05, 3.63) is 11.1 Å². The van der Waals surface area contributed by atoms with Crippen molar-refractivity contribution in [1.82, 2.24) is 0 Å². The van der Waals surface area contributed by atoms with Gasteiger partial charge in [-0.15, -0.1) is 0 Å². The number of hydrogen-bond donors (Lipinski definition) is 0. The molecule has 0 spiro atoms. The van der Waals surface area contributed by atoms with Crippen molar-refractivity contribution >= 4 is 11.9 Å². The number of ether oxygens (including phenoxy) is 2. The van der Waals surface area contributed by atoms with Crippen LogP contribution in [0.1, 0.15) is 79.1 Å². The van der Waals surface area contributed by atoms with Gasteiger partial charge < -0.3 is 9.47 Å². The Morgan fingerprint density at radius 1 is 0.682 bits per heavy atom. The molecule has 22 heavy (non-hydrogen) atoms. The van der Waals surface area contributed by atoms with Crippen molar-refractivity contribution in [2.24, 2.45) is 0 Å². The standard InChI is InChI=1S/C18H32O4/c1-5-9-10-11-12-13-14-16(18(20)22-8-4)15(6-2)17(19)21-7-3/h5-14H2,1-4H3/b16-15-. The first-order valence-corrected chi connectivity index (χ1v) is 8.68. The van der Waals surface area contributed by atoms with Crippen molar-refractivity contribution in [2.75, 3.05) is 13.2 Å². The summed E-state index contributed by atoms with van der Waals surface area (Å²) in [6.45, 7) is 8.23. The lowest BCUT2D eigenvalue weighted by molar-refractivity contribution is -0.142. The second kappa shape index (κ2) is 13.4. The molecule has 4 heteroatoms. The fourth-order valence-electron chi connectivity index (χ4n) is 2.38. The Balaban J connectivity index is 4.79. The molecule has 0 N–H and O–H groups in total. The highest BCUT2D eigenvalue weighted by Gasteiger charge is 2.21. The first-order valence-electron chi connectivity index (χ1n) is 8.68. The SMILES string of the molecule is CCCCCCCC/C(C(=O)OCC)=C(\CC)C(=O)OCC. The number of hydrogen-bond acceptors (Lipinski definition) is 4. The Kier molecular flexibility index (Phi) is 12.5. The lowest BCUT2D eigenvalue weighted by Gasteiger charge is -2.12. The van der Waals surface area contributed by atoms with E-state index in [9.17, 15) is 9.59 Å². The number of esters is 2. The van der Waals surface area contributed by atoms with Gasteiger partial charge in [0.1, 0.15) is 0 Å². The molecular formula is C18H32O4. The third-order valence-corrected chi connectivity index (χ3v) is 3.54. The summed E-state index contributed by atoms with van der Waals surface area (Å²) in [6.07, 6.45) is 7.93. The van der Waals surface area contributed by atoms with E-state index < -0.39 is 0 Å². The van der Waals surface area contributed by atoms with E-state index in [1.807, 2.05) is 6.92 Å². The van der Waals surface area contributed by atoms with Crippen LogP contribution in [0.25, 0.3) is 0 Å². The predicted octanol–water partition coefficient (Wildman–Crippen LogP) is 4.57. The molecule has 0 aromatic carbocycles. The molecule has 0 aliphatic heterocycles. The quantitative estimate of drug-likeness (QED) is 0.301. The van der Waals surface area contributed by atoms with E-state index in [1.54, 1.807) is 13.8 Å². The van der Waals surface area contributed by atoms with Gasteiger partial charge in [-0.1, -0.05) is 46.0 Å². The first-order chi connectivity index (χ1) is 10.6. The maximum Gasteiger partial charge on any atom is 0.334 e. The van der Waals surface area contributed by atoms with E-state index >= 15 is 0 Å². The van der Waals surface area contributed by atoms with E-state index in [2.05, 4.69) is 6.92 Å². The Bertz CT molecular complexity index is 358. The van der Waals surface area contributed by atoms with Crippen LogP contribution in [0.3, 0.4) is 0 Å². The van der Waals surface area contributed by atoms with Crippen LogP contribution in [0.15, 0.2) is 11.1 Å². The van der Waals surface area contributed by atoms with Crippen LogP contribution >= 0.6 is 0 Å². The lowest BCUT2D eigenvalue weighted by atomic mass is 9.99. The summed E-state index contributed by atoms with van der Waals surface area (Å²) in [5.41, 5.74) is 0.965. The summed E-state index contributed by atoms with van der Waals surface area (Å²) in [7, 11) is 0. The van der Waals surface area contributed by atoms with Gasteiger partial charge in [0, 0.05) is 11.1 Å². The van der Waals surface area contributed by atoms with Gasteiger partial charge in [-0.3, -0.25) is 0 Å². The summed E-state index contributed by atoms with van der Waals surface area (Å²) >= 11 is 0. The van der Waals surface area contributed by atoms with Crippen molar-refractivity contribution in [1.29, 1.82) is 0 Å². The van der Waals surface area contributed by atoms with E-state index in [0.29, 0.717) is 37.2 Å². The van der Waals surface area contributed by atoms with Crippen molar-refractivity contribution in [3.63, 3.8) is 0 Å². The van der Waals surface area contributed by atoms with E-state index in [1.165, 1.54) is 25.7 Å². The van der Waals surface area contributed by atoms with E-state index in [4.69, 9.17) is 9.47 Å². The zero-order chi connectivity index (χ0) is 16.8. The summed E-state index contributed by atoms with van der Waals surface area (Å²) in [5.74, 6) is -0.764. The second-order valence-corrected chi connectivity index (χ2v) is 5.27. The molecule has 0 fully saturated rings. The molecule has 0 atom stereocenters. The molecule has 0 radical (unpaired) electrons. The highest BCUT2D eigenvalue weighted by Crippen LogP contribution is 2.20. The third-order valence-electron chi connectivity index (χ3n) is 3.54. The molecule has 0 aromatic heterocycles. The monoisotopic (exact) mass is 312 g/mol. The largest absolute Gasteiger partial charge is 0.463 e. The molecule has 0 amide bonds. The lowest BCUT2D eigenvalue weighted by Crippen LogP contribution is -2.16. The number of carbonyl (C=O) groups is 2. The highest BCUT2D eigenvalue weighted by molar-refractivity contribution is 6.00. The molecule has 0 aliphatic rings. The average Bonchev–Trinajstić information content (AvgIpc) is 2.50. The van der Waals surface area contributed by atoms with Crippen LogP contribution in [0.2, 0.25) is 0 Å². The van der Waals surface area contributed by atoms with Crippen LogP contribution < -0.4 is 0 Å². The van der Waals surface area contributed by atoms with Gasteiger partial charge >= 0.3 is 11.9 Å². The number of carbonyl (C=O) groups excluding carboxylic acids is 2. The molecule has 0 aliphatic carbocycles. The highest BCUT2D eigenvalue weighted by atomic mass is 16.5. The Hall–Kier alpha value is -1.32. The van der Waals surface area contributed by atoms with Gasteiger partial charge in [-0.25, -0.2) is 9.59 Å². The van der Waals surface area contributed by atoms with Crippen LogP contribution in [0, 0.1) is 0 Å². The van der Waals surface area contributed by atoms with E-state index in [-0.39, 0.29) is 11.9 Å². The van der Waals surface area contributed by atoms with Crippen LogP contribution in [0.4, 0.5) is 0 Å². The molecule has 0 aromatic rings. The van der Waals surface area contributed by atoms with Crippen LogP contribution in [0.5, 0.6) is 0 Å². The molecule has 128 valence electrons. The molecule has 0 saturated heterocycles. The average molecular weight is 312 g/mol. The fourth-order valence-corrected chi connectivity index (χ4v) is 2.38. The molecular weight excluding hydrogens is 280 g/mol. The normalized spacial score (nSPS) is 11.8. The Morgan fingerprint density at radius 3 is 1.68 bits per heavy atom. The summed E-state index contributed by atoms with van der Waals surface area (Å²) in [4.78, 5) is 24.1. The maximum absolute atomic E-state index is 12.1. The van der Waals surface area contributed by atoms with Gasteiger partial charge in [-0.2, -0.15) is 0 Å². The Labute approximate surface area is 135 Å². The molecule has 0 rings (SSSR count). The summed E-state index contributed by atoms with van der Waals surface area (Å²) in [6, 6.07) is 0. The van der Waals surface area contributed by atoms with Crippen molar-refractivity contribution in [3.8, 4) is 0 Å². The van der Waals surface area contributed by atoms with Crippen LogP contribution in [-0.2, 0) is 19.1 Å². The topological polar surface area (TPSA) is 52.6 Å². The minimum absolute atomic E-state index is 0.315. The second-order valence-electron chi connectivity index (χ2n) is 5.27. The molecule has 0 unspecified atom stereocenters. The van der Waals surface area contributed by atoms with Gasteiger partial charge in [0.05, 0.1) is 13.2 Å². The summed E-state index contributed by atoms with van der Waals surface area (Å²) < 4.78 is 10.2. The van der Waals surface area contributed by atoms with Crippen molar-refractivity contribution < 1.29 is 19.1 Å². The maximum atomic E-state index is 12.1. The predicted molar refractivity (Wildman–Crippen MR) is 88.6 cm³/mol. The molecule has 0 bridgehead atoms. The molecule has 4 nitrogen and oxygen atoms in total. The summed E-state index contributed by atoms with van der Waals surface area (Å²) in [5, 5.41) is 0. The van der Waals surface area contributed by atoms with Crippen LogP contribution in [-0.4, -0.2) is 25.2 Å². The van der Waals surface area contributed by atoms with Gasteiger partial charge in [-0.05, 0) is 33.1 Å². The number of rotatable bonds is 12. The zero-order valence-electron chi connectivity index (χ0n) is 14.7. The van der Waals surface area contributed by atoms with Gasteiger partial charge in [0.2, 0.25) is 0 Å². The molecule has 0 saturated carbocycles. The van der Waals surface area contributed by atoms with Crippen molar-refractivity contribution in [2.45, 2.75) is 79.1 Å². The van der Waals surface area contributed by atoms with Gasteiger partial charge in [0.15, 0.2) is 0 Å². The molecule has 0 heterocycles. The first kappa shape index (κ1) is 20.7. The van der Waals surface area contributed by atoms with E-state index in [0.717, 1.165) is 12.8 Å². The smallest absolute Gasteiger partial charge is 0.334 e. The Morgan fingerprint density at radius 2 is 1.18 bits per heavy atom. The fraction of sp³-hybridized carbons (Fsp3) is 0.778. The number of unbranched alkanes of at least 4 members (excludes halogenated alkanes) is 5. The zero-order valence-corrected chi connectivity index (χ0v) is 14.7. The minimum Gasteiger partial charge on any atom is -0.463 e. The minimum atomic E-state index is -0.390. The van der Waals surface area contributed by atoms with Gasteiger partial charge in [0.25, 0.3) is 0 Å². The third kappa shape index (κ3) is 8.20.